The normalized spacial score (nSPS) is 12.5. The standard InChI is InChI=1S/C30H35Cl2N3O4S/c1-30(2,3)22-14-16-23(17-15-22)35(40(5,38)39)20-28(36)34(19-24-25(31)12-9-13-26(24)32)27(29(37)33-4)18-21-10-7-6-8-11-21/h6-17,27H,18-20H2,1-5H3,(H,33,37)/t27-/m0/s1. The molecule has 0 spiro atoms. The molecule has 0 aliphatic heterocycles. The Labute approximate surface area is 247 Å². The fourth-order valence-electron chi connectivity index (χ4n) is 4.32. The maximum absolute atomic E-state index is 14.0. The molecule has 10 heteroatoms. The third-order valence-corrected chi connectivity index (χ3v) is 8.46. The van der Waals surface area contributed by atoms with Gasteiger partial charge in [0, 0.05) is 35.6 Å². The minimum atomic E-state index is -3.86. The van der Waals surface area contributed by atoms with Crippen molar-refractivity contribution in [2.24, 2.45) is 0 Å². The highest BCUT2D eigenvalue weighted by Gasteiger charge is 2.33. The van der Waals surface area contributed by atoms with Crippen LogP contribution in [0.1, 0.15) is 37.5 Å². The topological polar surface area (TPSA) is 86.8 Å². The van der Waals surface area contributed by atoms with E-state index in [-0.39, 0.29) is 18.4 Å². The molecule has 3 aromatic carbocycles. The molecular weight excluding hydrogens is 569 g/mol. The van der Waals surface area contributed by atoms with Gasteiger partial charge in [-0.25, -0.2) is 8.42 Å². The van der Waals surface area contributed by atoms with E-state index in [9.17, 15) is 18.0 Å². The third kappa shape index (κ3) is 7.99. The van der Waals surface area contributed by atoms with Gasteiger partial charge >= 0.3 is 0 Å². The summed E-state index contributed by atoms with van der Waals surface area (Å²) in [6.07, 6.45) is 1.25. The van der Waals surface area contributed by atoms with Crippen LogP contribution in [0.5, 0.6) is 0 Å². The number of carbonyl (C=O) groups excluding carboxylic acids is 2. The lowest BCUT2D eigenvalue weighted by Gasteiger charge is -2.33. The molecule has 214 valence electrons. The number of likely N-dealkylation sites (N-methyl/N-ethyl adjacent to an activating group) is 1. The van der Waals surface area contributed by atoms with Crippen molar-refractivity contribution in [2.75, 3.05) is 24.2 Å². The summed E-state index contributed by atoms with van der Waals surface area (Å²) in [5.74, 6) is -0.980. The zero-order valence-corrected chi connectivity index (χ0v) is 25.6. The van der Waals surface area contributed by atoms with Gasteiger partial charge < -0.3 is 10.2 Å². The van der Waals surface area contributed by atoms with E-state index in [1.807, 2.05) is 42.5 Å². The summed E-state index contributed by atoms with van der Waals surface area (Å²) in [7, 11) is -2.37. The summed E-state index contributed by atoms with van der Waals surface area (Å²) < 4.78 is 26.9. The Morgan fingerprint density at radius 1 is 0.900 bits per heavy atom. The van der Waals surface area contributed by atoms with Crippen molar-refractivity contribution in [3.8, 4) is 0 Å². The van der Waals surface area contributed by atoms with Crippen molar-refractivity contribution < 1.29 is 18.0 Å². The van der Waals surface area contributed by atoms with E-state index >= 15 is 0 Å². The molecule has 7 nitrogen and oxygen atoms in total. The Bertz CT molecular complexity index is 1420. The molecule has 0 radical (unpaired) electrons. The van der Waals surface area contributed by atoms with Gasteiger partial charge in [-0.05, 0) is 40.8 Å². The van der Waals surface area contributed by atoms with Crippen LogP contribution in [0.15, 0.2) is 72.8 Å². The minimum Gasteiger partial charge on any atom is -0.357 e. The summed E-state index contributed by atoms with van der Waals surface area (Å²) in [5, 5.41) is 3.30. The van der Waals surface area contributed by atoms with Crippen molar-refractivity contribution in [3.05, 3.63) is 99.5 Å². The molecule has 1 N–H and O–H groups in total. The fourth-order valence-corrected chi connectivity index (χ4v) is 5.68. The quantitative estimate of drug-likeness (QED) is 0.334. The van der Waals surface area contributed by atoms with Crippen LogP contribution in [0.2, 0.25) is 10.0 Å². The number of amides is 2. The van der Waals surface area contributed by atoms with E-state index in [1.165, 1.54) is 11.9 Å². The molecule has 3 rings (SSSR count). The lowest BCUT2D eigenvalue weighted by molar-refractivity contribution is -0.139. The highest BCUT2D eigenvalue weighted by Crippen LogP contribution is 2.29. The van der Waals surface area contributed by atoms with Crippen molar-refractivity contribution in [2.45, 2.75) is 45.2 Å². The minimum absolute atomic E-state index is 0.0944. The fraction of sp³-hybridized carbons (Fsp3) is 0.333. The highest BCUT2D eigenvalue weighted by molar-refractivity contribution is 7.92. The first-order chi connectivity index (χ1) is 18.7. The number of nitrogens with one attached hydrogen (secondary N) is 1. The van der Waals surface area contributed by atoms with E-state index < -0.39 is 34.4 Å². The largest absolute Gasteiger partial charge is 0.357 e. The Kier molecular flexibility index (Phi) is 10.3. The average Bonchev–Trinajstić information content (AvgIpc) is 2.89. The van der Waals surface area contributed by atoms with Crippen molar-refractivity contribution in [1.82, 2.24) is 10.2 Å². The van der Waals surface area contributed by atoms with Crippen LogP contribution < -0.4 is 9.62 Å². The monoisotopic (exact) mass is 603 g/mol. The van der Waals surface area contributed by atoms with E-state index in [1.54, 1.807) is 30.3 Å². The van der Waals surface area contributed by atoms with Crippen LogP contribution in [0.25, 0.3) is 0 Å². The summed E-state index contributed by atoms with van der Waals surface area (Å²) in [4.78, 5) is 28.6. The predicted molar refractivity (Wildman–Crippen MR) is 162 cm³/mol. The molecule has 0 fully saturated rings. The van der Waals surface area contributed by atoms with Gasteiger partial charge in [0.05, 0.1) is 11.9 Å². The van der Waals surface area contributed by atoms with Gasteiger partial charge in [-0.15, -0.1) is 0 Å². The van der Waals surface area contributed by atoms with Crippen molar-refractivity contribution in [3.63, 3.8) is 0 Å². The zero-order valence-electron chi connectivity index (χ0n) is 23.3. The summed E-state index contributed by atoms with van der Waals surface area (Å²) >= 11 is 12.9. The van der Waals surface area contributed by atoms with Gasteiger partial charge in [-0.2, -0.15) is 0 Å². The third-order valence-electron chi connectivity index (χ3n) is 6.61. The van der Waals surface area contributed by atoms with Gasteiger partial charge in [0.25, 0.3) is 0 Å². The predicted octanol–water partition coefficient (Wildman–Crippen LogP) is 5.44. The van der Waals surface area contributed by atoms with Gasteiger partial charge in [0.2, 0.25) is 21.8 Å². The number of hydrogen-bond acceptors (Lipinski definition) is 4. The second-order valence-electron chi connectivity index (χ2n) is 10.6. The number of hydrogen-bond donors (Lipinski definition) is 1. The van der Waals surface area contributed by atoms with Gasteiger partial charge in [-0.1, -0.05) is 92.5 Å². The molecule has 0 bridgehead atoms. The lowest BCUT2D eigenvalue weighted by Crippen LogP contribution is -2.53. The Hall–Kier alpha value is -3.07. The second-order valence-corrected chi connectivity index (χ2v) is 13.3. The number of nitrogens with zero attached hydrogens (tertiary/aromatic N) is 2. The first-order valence-electron chi connectivity index (χ1n) is 12.8. The molecule has 0 aliphatic rings. The van der Waals surface area contributed by atoms with Gasteiger partial charge in [-0.3, -0.25) is 13.9 Å². The maximum Gasteiger partial charge on any atom is 0.244 e. The smallest absolute Gasteiger partial charge is 0.244 e. The van der Waals surface area contributed by atoms with Gasteiger partial charge in [0.1, 0.15) is 12.6 Å². The molecule has 0 saturated heterocycles. The van der Waals surface area contributed by atoms with Crippen LogP contribution in [0, 0.1) is 0 Å². The van der Waals surface area contributed by atoms with E-state index in [0.717, 1.165) is 21.7 Å². The Morgan fingerprint density at radius 2 is 1.48 bits per heavy atom. The molecule has 1 atom stereocenters. The zero-order chi connectivity index (χ0) is 29.7. The number of carbonyl (C=O) groups is 2. The number of benzene rings is 3. The second kappa shape index (κ2) is 13.1. The van der Waals surface area contributed by atoms with Crippen LogP contribution in [0.4, 0.5) is 5.69 Å². The Balaban J connectivity index is 2.06. The van der Waals surface area contributed by atoms with Crippen molar-refractivity contribution in [1.29, 1.82) is 0 Å². The van der Waals surface area contributed by atoms with Crippen LogP contribution >= 0.6 is 23.2 Å². The number of rotatable bonds is 10. The van der Waals surface area contributed by atoms with Crippen LogP contribution in [0.3, 0.4) is 0 Å². The molecule has 3 aromatic rings. The highest BCUT2D eigenvalue weighted by atomic mass is 35.5. The molecule has 2 amide bonds. The summed E-state index contributed by atoms with van der Waals surface area (Å²) in [5.41, 5.74) is 2.53. The average molecular weight is 605 g/mol. The molecule has 0 aromatic heterocycles. The molecule has 0 aliphatic carbocycles. The van der Waals surface area contributed by atoms with Gasteiger partial charge in [0.15, 0.2) is 0 Å². The number of halogens is 2. The Morgan fingerprint density at radius 3 is 1.98 bits per heavy atom. The van der Waals surface area contributed by atoms with Crippen molar-refractivity contribution >= 4 is 50.7 Å². The molecular formula is C30H35Cl2N3O4S. The van der Waals surface area contributed by atoms with Crippen LogP contribution in [-0.4, -0.2) is 51.0 Å². The van der Waals surface area contributed by atoms with Crippen LogP contribution in [-0.2, 0) is 38.0 Å². The van der Waals surface area contributed by atoms with E-state index in [0.29, 0.717) is 21.3 Å². The number of anilines is 1. The van der Waals surface area contributed by atoms with E-state index in [4.69, 9.17) is 23.2 Å². The maximum atomic E-state index is 14.0. The first-order valence-corrected chi connectivity index (χ1v) is 15.4. The number of sulfonamides is 1. The summed E-state index contributed by atoms with van der Waals surface area (Å²) in [6.45, 7) is 5.57. The first kappa shape index (κ1) is 31.5. The van der Waals surface area contributed by atoms with E-state index in [2.05, 4.69) is 26.1 Å². The molecule has 0 heterocycles. The molecule has 0 unspecified atom stereocenters. The molecule has 0 saturated carbocycles. The SMILES string of the molecule is CNC(=O)[C@H](Cc1ccccc1)N(Cc1c(Cl)cccc1Cl)C(=O)CN(c1ccc(C(C)(C)C)cc1)S(C)(=O)=O. The molecule has 40 heavy (non-hydrogen) atoms. The lowest BCUT2D eigenvalue weighted by atomic mass is 9.87. The summed E-state index contributed by atoms with van der Waals surface area (Å²) in [6, 6.07) is 20.4.